The van der Waals surface area contributed by atoms with Crippen LogP contribution >= 0.6 is 0 Å². The van der Waals surface area contributed by atoms with Crippen molar-refractivity contribution in [1.82, 2.24) is 10.2 Å². The quantitative estimate of drug-likeness (QED) is 0.105. The molecule has 2 aliphatic rings. The van der Waals surface area contributed by atoms with Crippen molar-refractivity contribution in [2.24, 2.45) is 0 Å². The van der Waals surface area contributed by atoms with Crippen LogP contribution in [0.4, 0.5) is 11.4 Å². The van der Waals surface area contributed by atoms with Gasteiger partial charge in [-0.1, -0.05) is 72.8 Å². The van der Waals surface area contributed by atoms with E-state index in [2.05, 4.69) is 15.1 Å². The summed E-state index contributed by atoms with van der Waals surface area (Å²) in [4.78, 5) is 38.4. The molecule has 3 atom stereocenters. The number of carboxylic acid groups (broad SMARTS) is 1. The summed E-state index contributed by atoms with van der Waals surface area (Å²) < 4.78 is 13.2. The SMILES string of the molecule is O=C(O)CCCC(=O)NCc1ccccc1-c1ccc([C@@H]2O[C@H](CN3CCN(c4ccc([N+](=O)[O-])cc4)CC3)C[C@H](c3ccc(CO)cc3)O2)cc1. The van der Waals surface area contributed by atoms with E-state index in [9.17, 15) is 24.8 Å². The van der Waals surface area contributed by atoms with Crippen LogP contribution in [0.15, 0.2) is 97.1 Å². The van der Waals surface area contributed by atoms with Gasteiger partial charge < -0.3 is 29.9 Å². The summed E-state index contributed by atoms with van der Waals surface area (Å²) in [6.07, 6.45) is 0.181. The lowest BCUT2D eigenvalue weighted by Crippen LogP contribution is -2.49. The topological polar surface area (TPSA) is 155 Å². The molecule has 2 fully saturated rings. The van der Waals surface area contributed by atoms with Gasteiger partial charge in [0.1, 0.15) is 0 Å². The number of anilines is 1. The summed E-state index contributed by atoms with van der Waals surface area (Å²) in [5.74, 6) is -1.09. The lowest BCUT2D eigenvalue weighted by atomic mass is 9.97. The zero-order valence-electron chi connectivity index (χ0n) is 28.9. The zero-order chi connectivity index (χ0) is 36.5. The predicted molar refractivity (Wildman–Crippen MR) is 195 cm³/mol. The smallest absolute Gasteiger partial charge is 0.303 e. The molecule has 0 unspecified atom stereocenters. The third kappa shape index (κ3) is 9.59. The van der Waals surface area contributed by atoms with E-state index >= 15 is 0 Å². The number of carbonyl (C=O) groups excluding carboxylic acids is 1. The Balaban J connectivity index is 1.12. The van der Waals surface area contributed by atoms with Crippen LogP contribution in [-0.2, 0) is 32.2 Å². The molecule has 2 saturated heterocycles. The molecule has 6 rings (SSSR count). The molecule has 2 heterocycles. The second kappa shape index (κ2) is 17.4. The minimum Gasteiger partial charge on any atom is -0.481 e. The molecule has 0 saturated carbocycles. The Morgan fingerprint density at radius 1 is 0.846 bits per heavy atom. The van der Waals surface area contributed by atoms with Gasteiger partial charge >= 0.3 is 5.97 Å². The highest BCUT2D eigenvalue weighted by atomic mass is 16.7. The van der Waals surface area contributed by atoms with Crippen LogP contribution in [0.5, 0.6) is 0 Å². The molecule has 272 valence electrons. The molecule has 0 aromatic heterocycles. The van der Waals surface area contributed by atoms with Gasteiger partial charge in [0.05, 0.1) is 23.7 Å². The first kappa shape index (κ1) is 36.6. The van der Waals surface area contributed by atoms with E-state index < -0.39 is 12.3 Å². The van der Waals surface area contributed by atoms with Gasteiger partial charge in [0, 0.05) is 81.9 Å². The van der Waals surface area contributed by atoms with Crippen molar-refractivity contribution >= 4 is 23.3 Å². The number of nitro benzene ring substituents is 1. The van der Waals surface area contributed by atoms with E-state index in [1.54, 1.807) is 12.1 Å². The second-order valence-corrected chi connectivity index (χ2v) is 13.2. The molecule has 1 amide bonds. The molecular formula is C40H44N4O8. The fourth-order valence-electron chi connectivity index (χ4n) is 6.75. The first-order chi connectivity index (χ1) is 25.2. The van der Waals surface area contributed by atoms with Gasteiger partial charge in [-0.3, -0.25) is 24.6 Å². The van der Waals surface area contributed by atoms with Crippen LogP contribution in [0.2, 0.25) is 0 Å². The van der Waals surface area contributed by atoms with Crippen molar-refractivity contribution in [1.29, 1.82) is 0 Å². The van der Waals surface area contributed by atoms with Crippen LogP contribution in [0.1, 0.15) is 60.3 Å². The number of rotatable bonds is 14. The Kier molecular flexibility index (Phi) is 12.3. The monoisotopic (exact) mass is 708 g/mol. The first-order valence-corrected chi connectivity index (χ1v) is 17.6. The van der Waals surface area contributed by atoms with E-state index in [-0.39, 0.29) is 48.2 Å². The number of benzene rings is 4. The molecule has 2 aliphatic heterocycles. The maximum absolute atomic E-state index is 12.3. The number of non-ortho nitro benzene ring substituents is 1. The largest absolute Gasteiger partial charge is 0.481 e. The van der Waals surface area contributed by atoms with E-state index in [0.717, 1.165) is 71.8 Å². The van der Waals surface area contributed by atoms with Gasteiger partial charge in [-0.25, -0.2) is 0 Å². The fraction of sp³-hybridized carbons (Fsp3) is 0.350. The maximum Gasteiger partial charge on any atom is 0.303 e. The molecule has 12 nitrogen and oxygen atoms in total. The maximum atomic E-state index is 12.3. The van der Waals surface area contributed by atoms with Crippen LogP contribution in [0.3, 0.4) is 0 Å². The highest BCUT2D eigenvalue weighted by Gasteiger charge is 2.34. The summed E-state index contributed by atoms with van der Waals surface area (Å²) in [6.45, 7) is 4.29. The van der Waals surface area contributed by atoms with Crippen LogP contribution in [-0.4, -0.2) is 70.7 Å². The first-order valence-electron chi connectivity index (χ1n) is 17.6. The molecule has 0 aliphatic carbocycles. The lowest BCUT2D eigenvalue weighted by Gasteiger charge is -2.41. The number of nitrogens with one attached hydrogen (secondary N) is 1. The fourth-order valence-corrected chi connectivity index (χ4v) is 6.75. The summed E-state index contributed by atoms with van der Waals surface area (Å²) >= 11 is 0. The standard InChI is InChI=1S/C40H44N4O8/c45-27-28-8-10-30(11-9-28)37-24-35(26-42-20-22-43(23-21-42)33-16-18-34(19-17-33)44(49)50)51-40(52-37)31-14-12-29(13-15-31)36-5-2-1-4-32(36)25-41-38(46)6-3-7-39(47)48/h1-2,4-5,8-19,35,37,40,45H,3,6-7,20-27H2,(H,41,46)(H,47,48)/t35-,37+,40+/m0/s1. The minimum atomic E-state index is -0.912. The summed E-state index contributed by atoms with van der Waals surface area (Å²) in [7, 11) is 0. The third-order valence-corrected chi connectivity index (χ3v) is 9.66. The van der Waals surface area contributed by atoms with Gasteiger partial charge in [0.25, 0.3) is 5.69 Å². The number of ether oxygens (including phenoxy) is 2. The number of nitro groups is 1. The Morgan fingerprint density at radius 3 is 2.21 bits per heavy atom. The van der Waals surface area contributed by atoms with Crippen molar-refractivity contribution in [2.75, 3.05) is 37.6 Å². The summed E-state index contributed by atoms with van der Waals surface area (Å²) in [5.41, 5.74) is 6.72. The molecule has 12 heteroatoms. The molecule has 4 aromatic rings. The van der Waals surface area contributed by atoms with Gasteiger partial charge in [-0.05, 0) is 46.4 Å². The number of amides is 1. The van der Waals surface area contributed by atoms with Crippen LogP contribution < -0.4 is 10.2 Å². The predicted octanol–water partition coefficient (Wildman–Crippen LogP) is 5.99. The molecule has 4 aromatic carbocycles. The van der Waals surface area contributed by atoms with Crippen molar-refractivity contribution in [3.05, 3.63) is 129 Å². The lowest BCUT2D eigenvalue weighted by molar-refractivity contribution is -0.384. The van der Waals surface area contributed by atoms with Crippen LogP contribution in [0, 0.1) is 10.1 Å². The van der Waals surface area contributed by atoms with Crippen molar-refractivity contribution < 1.29 is 34.2 Å². The number of aliphatic carboxylic acids is 1. The highest BCUT2D eigenvalue weighted by Crippen LogP contribution is 2.39. The van der Waals surface area contributed by atoms with E-state index in [4.69, 9.17) is 14.6 Å². The molecule has 0 spiro atoms. The average Bonchev–Trinajstić information content (AvgIpc) is 3.17. The summed E-state index contributed by atoms with van der Waals surface area (Å²) in [6, 6.07) is 30.5. The van der Waals surface area contributed by atoms with E-state index in [0.29, 0.717) is 19.4 Å². The van der Waals surface area contributed by atoms with Gasteiger partial charge in [-0.15, -0.1) is 0 Å². The molecule has 0 radical (unpaired) electrons. The number of carboxylic acids is 1. The Hall–Kier alpha value is -5.14. The van der Waals surface area contributed by atoms with Crippen molar-refractivity contribution in [3.63, 3.8) is 0 Å². The average molecular weight is 709 g/mol. The Labute approximate surface area is 302 Å². The van der Waals surface area contributed by atoms with Gasteiger partial charge in [0.15, 0.2) is 6.29 Å². The third-order valence-electron chi connectivity index (χ3n) is 9.66. The Bertz CT molecular complexity index is 1810. The number of aliphatic hydroxyl groups is 1. The van der Waals surface area contributed by atoms with Crippen molar-refractivity contribution in [2.45, 2.75) is 57.3 Å². The van der Waals surface area contributed by atoms with E-state index in [1.165, 1.54) is 0 Å². The highest BCUT2D eigenvalue weighted by molar-refractivity contribution is 5.77. The number of nitrogens with zero attached hydrogens (tertiary/aromatic N) is 3. The number of hydrogen-bond donors (Lipinski definition) is 3. The Morgan fingerprint density at radius 2 is 1.54 bits per heavy atom. The zero-order valence-corrected chi connectivity index (χ0v) is 28.9. The number of carbonyl (C=O) groups is 2. The van der Waals surface area contributed by atoms with Crippen molar-refractivity contribution in [3.8, 4) is 11.1 Å². The number of hydrogen-bond acceptors (Lipinski definition) is 9. The normalized spacial score (nSPS) is 19.2. The van der Waals surface area contributed by atoms with Gasteiger partial charge in [0.2, 0.25) is 5.91 Å². The molecular weight excluding hydrogens is 664 g/mol. The van der Waals surface area contributed by atoms with E-state index in [1.807, 2.05) is 84.9 Å². The van der Waals surface area contributed by atoms with Crippen LogP contribution in [0.25, 0.3) is 11.1 Å². The van der Waals surface area contributed by atoms with Gasteiger partial charge in [-0.2, -0.15) is 0 Å². The number of piperazine rings is 1. The molecule has 52 heavy (non-hydrogen) atoms. The molecule has 3 N–H and O–H groups in total. The summed E-state index contributed by atoms with van der Waals surface area (Å²) in [5, 5.41) is 32.4. The second-order valence-electron chi connectivity index (χ2n) is 13.2. The number of aliphatic hydroxyl groups excluding tert-OH is 1. The molecule has 0 bridgehead atoms. The minimum absolute atomic E-state index is 0.0271.